The number of methoxy groups -OCH3 is 3. The van der Waals surface area contributed by atoms with E-state index in [1.165, 1.54) is 0 Å². The van der Waals surface area contributed by atoms with Gasteiger partial charge >= 0.3 is 0 Å². The molecule has 1 unspecified atom stereocenters. The number of fused-ring (bicyclic) bond motifs is 1. The Labute approximate surface area is 195 Å². The molecule has 0 spiro atoms. The van der Waals surface area contributed by atoms with Crippen molar-refractivity contribution in [3.63, 3.8) is 0 Å². The van der Waals surface area contributed by atoms with Crippen LogP contribution >= 0.6 is 0 Å². The number of benzene rings is 1. The van der Waals surface area contributed by atoms with E-state index in [4.69, 9.17) is 23.6 Å². The average Bonchev–Trinajstić information content (AvgIpc) is 3.63. The highest BCUT2D eigenvalue weighted by molar-refractivity contribution is 5.86. The maximum atomic E-state index is 9.77. The molecule has 0 aliphatic carbocycles. The van der Waals surface area contributed by atoms with Crippen LogP contribution in [0, 0.1) is 0 Å². The van der Waals surface area contributed by atoms with Gasteiger partial charge in [-0.3, -0.25) is 0 Å². The quantitative estimate of drug-likeness (QED) is 0.401. The minimum absolute atomic E-state index is 0.00953. The highest BCUT2D eigenvalue weighted by Gasteiger charge is 2.28. The van der Waals surface area contributed by atoms with E-state index >= 15 is 0 Å². The monoisotopic (exact) mass is 466 g/mol. The molecule has 4 aromatic rings. The third-order valence-electron chi connectivity index (χ3n) is 5.92. The first-order valence-corrected chi connectivity index (χ1v) is 10.9. The van der Waals surface area contributed by atoms with Gasteiger partial charge in [0.15, 0.2) is 28.7 Å². The number of rotatable bonds is 8. The summed E-state index contributed by atoms with van der Waals surface area (Å²) < 4.78 is 23.8. The molecule has 5 rings (SSSR count). The Kier molecular flexibility index (Phi) is 5.84. The zero-order valence-corrected chi connectivity index (χ0v) is 19.2. The summed E-state index contributed by atoms with van der Waals surface area (Å²) in [7, 11) is 4.71. The van der Waals surface area contributed by atoms with Crippen molar-refractivity contribution < 1.29 is 23.7 Å². The van der Waals surface area contributed by atoms with Crippen molar-refractivity contribution in [1.29, 1.82) is 0 Å². The summed E-state index contributed by atoms with van der Waals surface area (Å²) in [5, 5.41) is 13.0. The van der Waals surface area contributed by atoms with Crippen LogP contribution in [0.5, 0.6) is 17.2 Å². The minimum Gasteiger partial charge on any atom is -0.493 e. The van der Waals surface area contributed by atoms with E-state index in [1.54, 1.807) is 40.0 Å². The van der Waals surface area contributed by atoms with Crippen molar-refractivity contribution in [3.05, 3.63) is 37.0 Å². The van der Waals surface area contributed by atoms with E-state index in [0.717, 1.165) is 25.1 Å². The second kappa shape index (κ2) is 9.10. The standard InChI is InChI=1S/C23H26N6O5/c1-31-17-9-15(10-18(32-2)21(17)33-3)28-11-19(24-13-28)26-23-25-16-6-8-34-20(16)22(27-23)29-7-4-5-14(29)12-30/h6,8-11,13-14,30H,4-5,7,12H2,1-3H3,(H,25,26,27). The summed E-state index contributed by atoms with van der Waals surface area (Å²) in [6, 6.07) is 5.47. The van der Waals surface area contributed by atoms with Crippen LogP contribution in [0.15, 0.2) is 41.4 Å². The van der Waals surface area contributed by atoms with Crippen LogP contribution in [0.4, 0.5) is 17.6 Å². The van der Waals surface area contributed by atoms with Crippen molar-refractivity contribution in [3.8, 4) is 22.9 Å². The second-order valence-electron chi connectivity index (χ2n) is 7.85. The van der Waals surface area contributed by atoms with Crippen LogP contribution in [0.2, 0.25) is 0 Å². The second-order valence-corrected chi connectivity index (χ2v) is 7.85. The molecular formula is C23H26N6O5. The molecule has 1 atom stereocenters. The maximum Gasteiger partial charge on any atom is 0.231 e. The third kappa shape index (κ3) is 3.83. The van der Waals surface area contributed by atoms with Gasteiger partial charge in [0.2, 0.25) is 11.7 Å². The van der Waals surface area contributed by atoms with Gasteiger partial charge in [-0.15, -0.1) is 0 Å². The van der Waals surface area contributed by atoms with E-state index < -0.39 is 0 Å². The number of anilines is 3. The molecule has 1 aromatic carbocycles. The molecule has 4 heterocycles. The van der Waals surface area contributed by atoms with E-state index in [2.05, 4.69) is 20.2 Å². The van der Waals surface area contributed by atoms with E-state index in [-0.39, 0.29) is 12.6 Å². The first-order valence-electron chi connectivity index (χ1n) is 10.9. The molecule has 1 fully saturated rings. The Balaban J connectivity index is 1.46. The maximum absolute atomic E-state index is 9.77. The van der Waals surface area contributed by atoms with E-state index in [9.17, 15) is 5.11 Å². The molecule has 11 nitrogen and oxygen atoms in total. The number of ether oxygens (including phenoxy) is 3. The number of aliphatic hydroxyl groups is 1. The number of imidazole rings is 1. The van der Waals surface area contributed by atoms with Gasteiger partial charge in [-0.1, -0.05) is 0 Å². The molecule has 178 valence electrons. The molecule has 1 saturated heterocycles. The number of nitrogens with zero attached hydrogens (tertiary/aromatic N) is 5. The topological polar surface area (TPSA) is 120 Å². The fourth-order valence-corrected chi connectivity index (χ4v) is 4.26. The van der Waals surface area contributed by atoms with Crippen LogP contribution in [-0.4, -0.2) is 65.1 Å². The predicted molar refractivity (Wildman–Crippen MR) is 126 cm³/mol. The molecular weight excluding hydrogens is 440 g/mol. The van der Waals surface area contributed by atoms with Crippen molar-refractivity contribution in [2.75, 3.05) is 44.7 Å². The lowest BCUT2D eigenvalue weighted by atomic mass is 10.2. The molecule has 0 radical (unpaired) electrons. The summed E-state index contributed by atoms with van der Waals surface area (Å²) in [5.41, 5.74) is 2.07. The van der Waals surface area contributed by atoms with Gasteiger partial charge < -0.3 is 38.5 Å². The lowest BCUT2D eigenvalue weighted by molar-refractivity contribution is 0.266. The van der Waals surface area contributed by atoms with Crippen LogP contribution in [0.3, 0.4) is 0 Å². The van der Waals surface area contributed by atoms with Crippen molar-refractivity contribution in [1.82, 2.24) is 19.5 Å². The number of nitrogens with one attached hydrogen (secondary N) is 1. The SMILES string of the molecule is COc1cc(-n2cnc(Nc3nc(N4CCCC4CO)c4occc4n3)c2)cc(OC)c1OC. The third-order valence-corrected chi connectivity index (χ3v) is 5.92. The Hall–Kier alpha value is -3.99. The molecule has 0 saturated carbocycles. The van der Waals surface area contributed by atoms with Gasteiger partial charge in [-0.25, -0.2) is 9.97 Å². The molecule has 3 aromatic heterocycles. The molecule has 0 bridgehead atoms. The first kappa shape index (κ1) is 21.8. The van der Waals surface area contributed by atoms with Crippen molar-refractivity contribution in [2.45, 2.75) is 18.9 Å². The summed E-state index contributed by atoms with van der Waals surface area (Å²) in [5.74, 6) is 3.22. The van der Waals surface area contributed by atoms with Crippen LogP contribution in [0.25, 0.3) is 16.8 Å². The minimum atomic E-state index is 0.00953. The van der Waals surface area contributed by atoms with Crippen LogP contribution in [-0.2, 0) is 0 Å². The van der Waals surface area contributed by atoms with Gasteiger partial charge in [0.25, 0.3) is 0 Å². The summed E-state index contributed by atoms with van der Waals surface area (Å²) in [6.07, 6.45) is 6.97. The van der Waals surface area contributed by atoms with Crippen LogP contribution < -0.4 is 24.4 Å². The van der Waals surface area contributed by atoms with E-state index in [0.29, 0.717) is 45.9 Å². The number of hydrogen-bond donors (Lipinski definition) is 2. The Bertz CT molecular complexity index is 1280. The zero-order valence-electron chi connectivity index (χ0n) is 19.2. The first-order chi connectivity index (χ1) is 16.6. The predicted octanol–water partition coefficient (Wildman–Crippen LogP) is 3.14. The highest BCUT2D eigenvalue weighted by atomic mass is 16.5. The van der Waals surface area contributed by atoms with Gasteiger partial charge in [-0.2, -0.15) is 4.98 Å². The molecule has 0 amide bonds. The lowest BCUT2D eigenvalue weighted by Gasteiger charge is -2.24. The normalized spacial score (nSPS) is 15.6. The molecule has 11 heteroatoms. The van der Waals surface area contributed by atoms with Gasteiger partial charge in [0, 0.05) is 24.7 Å². The largest absolute Gasteiger partial charge is 0.493 e. The molecule has 2 N–H and O–H groups in total. The zero-order chi connectivity index (χ0) is 23.7. The summed E-state index contributed by atoms with van der Waals surface area (Å²) in [6.45, 7) is 0.863. The molecule has 1 aliphatic rings. The fraction of sp³-hybridized carbons (Fsp3) is 0.348. The molecule has 34 heavy (non-hydrogen) atoms. The smallest absolute Gasteiger partial charge is 0.231 e. The van der Waals surface area contributed by atoms with Crippen molar-refractivity contribution >= 4 is 28.7 Å². The number of aliphatic hydroxyl groups excluding tert-OH is 1. The average molecular weight is 466 g/mol. The number of hydrogen-bond acceptors (Lipinski definition) is 10. The van der Waals surface area contributed by atoms with Gasteiger partial charge in [-0.05, 0) is 12.8 Å². The number of furan rings is 1. The summed E-state index contributed by atoms with van der Waals surface area (Å²) >= 11 is 0. The fourth-order valence-electron chi connectivity index (χ4n) is 4.26. The number of aromatic nitrogens is 4. The summed E-state index contributed by atoms with van der Waals surface area (Å²) in [4.78, 5) is 15.8. The lowest BCUT2D eigenvalue weighted by Crippen LogP contribution is -2.33. The van der Waals surface area contributed by atoms with Gasteiger partial charge in [0.05, 0.1) is 52.1 Å². The Morgan fingerprint density at radius 3 is 2.65 bits per heavy atom. The van der Waals surface area contributed by atoms with E-state index in [1.807, 2.05) is 22.9 Å². The van der Waals surface area contributed by atoms with Gasteiger partial charge in [0.1, 0.15) is 11.8 Å². The van der Waals surface area contributed by atoms with Crippen LogP contribution in [0.1, 0.15) is 12.8 Å². The Morgan fingerprint density at radius 1 is 1.15 bits per heavy atom. The Morgan fingerprint density at radius 2 is 1.94 bits per heavy atom. The van der Waals surface area contributed by atoms with Crippen molar-refractivity contribution in [2.24, 2.45) is 0 Å². The molecule has 1 aliphatic heterocycles. The highest BCUT2D eigenvalue weighted by Crippen LogP contribution is 2.39.